The van der Waals surface area contributed by atoms with Crippen LogP contribution >= 0.6 is 0 Å². The molecule has 0 radical (unpaired) electrons. The normalized spacial score (nSPS) is 11.3. The molecule has 13 N–H and O–H groups in total. The molecule has 0 aliphatic rings. The largest absolute Gasteiger partial charge is 0.506 e. The van der Waals surface area contributed by atoms with Crippen LogP contribution in [-0.2, 0) is 0 Å². The molecule has 0 saturated carbocycles. The number of benzene rings is 8. The van der Waals surface area contributed by atoms with Crippen molar-refractivity contribution in [1.29, 1.82) is 0 Å². The average molecular weight is 1240 g/mol. The van der Waals surface area contributed by atoms with E-state index in [4.69, 9.17) is 0 Å². The number of aromatic nitrogens is 6. The second-order valence-corrected chi connectivity index (χ2v) is 19.3. The maximum absolute atomic E-state index is 11.3. The predicted octanol–water partition coefficient (Wildman–Crippen LogP) is 14.4. The van der Waals surface area contributed by atoms with Crippen LogP contribution in [0.1, 0.15) is 47.0 Å². The molecule has 2 heterocycles. The Bertz CT molecular complexity index is 3980. The number of anilines is 10. The van der Waals surface area contributed by atoms with Crippen molar-refractivity contribution in [3.05, 3.63) is 198 Å². The van der Waals surface area contributed by atoms with Gasteiger partial charge in [0.25, 0.3) is 0 Å². The lowest BCUT2D eigenvalue weighted by Gasteiger charge is -2.14. The zero-order chi connectivity index (χ0) is 64.7. The molecule has 0 amide bonds. The maximum Gasteiger partial charge on any atom is 0.335 e. The summed E-state index contributed by atoms with van der Waals surface area (Å²) in [7, 11) is 0. The Labute approximate surface area is 518 Å². The van der Waals surface area contributed by atoms with Gasteiger partial charge in [-0.3, -0.25) is 0 Å². The Hall–Kier alpha value is -13.7. The number of nitrogens with one attached hydrogen (secondary N) is 6. The number of rotatable bonds is 25. The van der Waals surface area contributed by atoms with Crippen LogP contribution in [0.25, 0.3) is 0 Å². The molecule has 0 aliphatic heterocycles. The summed E-state index contributed by atoms with van der Waals surface area (Å²) in [6, 6.07) is 41.6. The van der Waals surface area contributed by atoms with E-state index in [0.29, 0.717) is 39.7 Å². The van der Waals surface area contributed by atoms with Crippen LogP contribution in [0.2, 0.25) is 0 Å². The van der Waals surface area contributed by atoms with Gasteiger partial charge in [0.1, 0.15) is 17.2 Å². The van der Waals surface area contributed by atoms with Crippen molar-refractivity contribution in [2.75, 3.05) is 45.0 Å². The third-order valence-electron chi connectivity index (χ3n) is 12.7. The molecule has 0 fully saturated rings. The Kier molecular flexibility index (Phi) is 18.8. The summed E-state index contributed by atoms with van der Waals surface area (Å²) in [6.45, 7) is 2.04. The third kappa shape index (κ3) is 16.6. The molecule has 0 saturated heterocycles. The second kappa shape index (κ2) is 28.2. The molecule has 0 atom stereocenters. The third-order valence-corrected chi connectivity index (χ3v) is 12.7. The summed E-state index contributed by atoms with van der Waals surface area (Å²) in [4.78, 5) is 72.4. The van der Waals surface area contributed by atoms with E-state index in [0.717, 1.165) is 0 Å². The fourth-order valence-electron chi connectivity index (χ4n) is 8.02. The summed E-state index contributed by atoms with van der Waals surface area (Å²) in [5, 5.41) is 122. The molecule has 8 aromatic carbocycles. The molecule has 92 heavy (non-hydrogen) atoms. The highest BCUT2D eigenvalue weighted by molar-refractivity contribution is 5.89. The van der Waals surface area contributed by atoms with Gasteiger partial charge in [-0.25, -0.2) is 19.2 Å². The number of carboxylic acid groups (broad SMARTS) is 4. The van der Waals surface area contributed by atoms with E-state index in [1.165, 1.54) is 133 Å². The SMILES string of the molecule is Cc1cc(N=Nc2ccc(C(=O)O)cc2)ccc1Nc1nc(NCCNc2nc(Nc3ccc(N=Nc4ccc(C(=O)O)cc4)cc3O)nc(Nc3ccc(N=Nc4ccc(C(=O)O)cc4)cc3O)n2)nc(Nc2ccc(N=Nc3ccc(C(=O)O)cc3)cc2O)n1. The summed E-state index contributed by atoms with van der Waals surface area (Å²) in [5.41, 5.74) is 4.97. The number of hydrogen-bond acceptors (Lipinski definition) is 27. The number of phenols is 3. The quantitative estimate of drug-likeness (QED) is 0.0144. The van der Waals surface area contributed by atoms with Crippen LogP contribution in [0.15, 0.2) is 211 Å². The first-order chi connectivity index (χ1) is 44.4. The van der Waals surface area contributed by atoms with Crippen molar-refractivity contribution in [1.82, 2.24) is 29.9 Å². The molecule has 10 rings (SSSR count). The van der Waals surface area contributed by atoms with Crippen molar-refractivity contribution in [2.45, 2.75) is 6.92 Å². The molecule has 10 aromatic rings. The van der Waals surface area contributed by atoms with E-state index in [1.54, 1.807) is 36.4 Å². The Morgan fingerprint density at radius 3 is 0.772 bits per heavy atom. The highest BCUT2D eigenvalue weighted by Crippen LogP contribution is 2.36. The van der Waals surface area contributed by atoms with Crippen LogP contribution in [0.5, 0.6) is 17.2 Å². The Balaban J connectivity index is 0.879. The van der Waals surface area contributed by atoms with Gasteiger partial charge in [0.05, 0.1) is 84.8 Å². The lowest BCUT2D eigenvalue weighted by molar-refractivity contribution is 0.0686. The molecule has 458 valence electrons. The highest BCUT2D eigenvalue weighted by Gasteiger charge is 2.16. The summed E-state index contributed by atoms with van der Waals surface area (Å²) < 4.78 is 0. The number of aromatic hydroxyl groups is 3. The van der Waals surface area contributed by atoms with Gasteiger partial charge < -0.3 is 67.6 Å². The molecule has 31 nitrogen and oxygen atoms in total. The van der Waals surface area contributed by atoms with Gasteiger partial charge in [-0.2, -0.15) is 70.8 Å². The van der Waals surface area contributed by atoms with Crippen LogP contribution in [0.3, 0.4) is 0 Å². The number of carboxylic acids is 4. The number of aryl methyl sites for hydroxylation is 1. The van der Waals surface area contributed by atoms with Crippen LogP contribution in [0, 0.1) is 6.92 Å². The topological polar surface area (TPSA) is 458 Å². The molecule has 0 aliphatic carbocycles. The number of azo groups is 4. The predicted molar refractivity (Wildman–Crippen MR) is 336 cm³/mol. The van der Waals surface area contributed by atoms with Gasteiger partial charge in [0.15, 0.2) is 0 Å². The zero-order valence-electron chi connectivity index (χ0n) is 47.6. The molecule has 2 aromatic heterocycles. The van der Waals surface area contributed by atoms with E-state index < -0.39 is 23.9 Å². The molecular formula is C61H48N20O11. The van der Waals surface area contributed by atoms with Gasteiger partial charge in [-0.1, -0.05) is 0 Å². The minimum atomic E-state index is -1.09. The van der Waals surface area contributed by atoms with Crippen molar-refractivity contribution >= 4 is 128 Å². The maximum atomic E-state index is 11.3. The molecule has 0 spiro atoms. The first-order valence-electron chi connectivity index (χ1n) is 27.1. The number of aromatic carboxylic acids is 4. The molecular weight excluding hydrogens is 1190 g/mol. The van der Waals surface area contributed by atoms with E-state index in [2.05, 4.69) is 103 Å². The average Bonchev–Trinajstić information content (AvgIpc) is 1.16. The van der Waals surface area contributed by atoms with Crippen LogP contribution < -0.4 is 31.9 Å². The van der Waals surface area contributed by atoms with E-state index >= 15 is 0 Å². The minimum absolute atomic E-state index is 0.00825. The minimum Gasteiger partial charge on any atom is -0.506 e. The van der Waals surface area contributed by atoms with Crippen molar-refractivity contribution in [2.24, 2.45) is 40.9 Å². The lowest BCUT2D eigenvalue weighted by atomic mass is 10.2. The second-order valence-electron chi connectivity index (χ2n) is 19.3. The van der Waals surface area contributed by atoms with Gasteiger partial charge >= 0.3 is 23.9 Å². The monoisotopic (exact) mass is 1240 g/mol. The van der Waals surface area contributed by atoms with E-state index in [1.807, 2.05) is 6.92 Å². The number of hydrogen-bond donors (Lipinski definition) is 13. The van der Waals surface area contributed by atoms with Crippen molar-refractivity contribution in [3.8, 4) is 17.2 Å². The van der Waals surface area contributed by atoms with Crippen molar-refractivity contribution in [3.63, 3.8) is 0 Å². The van der Waals surface area contributed by atoms with E-state index in [9.17, 15) is 54.9 Å². The summed E-state index contributed by atoms with van der Waals surface area (Å²) in [5.74, 6) is -5.15. The Morgan fingerprint density at radius 1 is 0.304 bits per heavy atom. The van der Waals surface area contributed by atoms with Gasteiger partial charge in [0, 0.05) is 37.0 Å². The zero-order valence-corrected chi connectivity index (χ0v) is 47.6. The molecule has 31 heteroatoms. The lowest BCUT2D eigenvalue weighted by Crippen LogP contribution is -2.18. The smallest absolute Gasteiger partial charge is 0.335 e. The number of phenolic OH excluding ortho intramolecular Hbond substituents is 3. The van der Waals surface area contributed by atoms with Crippen LogP contribution in [-0.4, -0.2) is 103 Å². The standard InChI is InChI=1S/C61H48N20O11/c1-32-28-41(78-74-37-10-2-33(3-11-37)52(85)86)18-22-45(32)64-58-68-56(69-59(72-58)65-46-23-19-42(29-49(46)82)79-75-38-12-4-34(5-13-38)53(87)88)62-26-27-63-57-70-60(66-47-24-20-43(30-50(47)83)80-76-39-14-6-35(7-15-39)54(89)90)73-61(71-57)67-48-25-21-44(31-51(48)84)81-77-40-16-8-36(9-17-40)55(91)92/h2-25,28-31,82-84H,26-27H2,1H3,(H,85,86)(H,87,88)(H,89,90)(H,91,92)(H3,62,64,65,68,69,72)(H3,63,66,67,70,71,73). The van der Waals surface area contributed by atoms with E-state index in [-0.39, 0.29) is 122 Å². The molecule has 0 bridgehead atoms. The summed E-state index contributed by atoms with van der Waals surface area (Å²) in [6.07, 6.45) is 0. The fourth-order valence-corrected chi connectivity index (χ4v) is 8.02. The Morgan fingerprint density at radius 2 is 0.522 bits per heavy atom. The highest BCUT2D eigenvalue weighted by atomic mass is 16.4. The van der Waals surface area contributed by atoms with Gasteiger partial charge in [0.2, 0.25) is 35.7 Å². The first-order valence-corrected chi connectivity index (χ1v) is 27.1. The van der Waals surface area contributed by atoms with Crippen molar-refractivity contribution < 1.29 is 54.9 Å². The van der Waals surface area contributed by atoms with Gasteiger partial charge in [-0.15, -0.1) is 0 Å². The number of nitrogens with zero attached hydrogens (tertiary/aromatic N) is 14. The van der Waals surface area contributed by atoms with Crippen LogP contribution in [0.4, 0.5) is 104 Å². The van der Waals surface area contributed by atoms with Gasteiger partial charge in [-0.05, 0) is 164 Å². The summed E-state index contributed by atoms with van der Waals surface area (Å²) >= 11 is 0. The fraction of sp³-hybridized carbons (Fsp3) is 0.0492. The first kappa shape index (κ1) is 61.4. The number of carbonyl (C=O) groups is 4. The molecule has 0 unspecified atom stereocenters.